The molecule has 106 valence electrons. The van der Waals surface area contributed by atoms with Crippen LogP contribution in [0.25, 0.3) is 6.08 Å². The maximum Gasteiger partial charge on any atom is 0.119 e. The molecule has 0 aliphatic heterocycles. The summed E-state index contributed by atoms with van der Waals surface area (Å²) in [6.45, 7) is 8.63. The second-order valence-electron chi connectivity index (χ2n) is 5.07. The smallest absolute Gasteiger partial charge is 0.119 e. The highest BCUT2D eigenvalue weighted by Gasteiger charge is 2.02. The number of benzene rings is 1. The summed E-state index contributed by atoms with van der Waals surface area (Å²) in [5.74, 6) is 1.57. The van der Waals surface area contributed by atoms with E-state index in [1.807, 2.05) is 12.1 Å². The second kappa shape index (κ2) is 8.39. The summed E-state index contributed by atoms with van der Waals surface area (Å²) in [4.78, 5) is 0. The highest BCUT2D eigenvalue weighted by molar-refractivity contribution is 9.10. The summed E-state index contributed by atoms with van der Waals surface area (Å²) >= 11 is 3.59. The highest BCUT2D eigenvalue weighted by Crippen LogP contribution is 2.25. The molecule has 0 saturated carbocycles. The van der Waals surface area contributed by atoms with E-state index >= 15 is 0 Å². The molecule has 1 rings (SSSR count). The van der Waals surface area contributed by atoms with Crippen LogP contribution in [0.4, 0.5) is 0 Å². The molecule has 0 unspecified atom stereocenters. The summed E-state index contributed by atoms with van der Waals surface area (Å²) in [5, 5.41) is 3.49. The Morgan fingerprint density at radius 3 is 2.74 bits per heavy atom. The van der Waals surface area contributed by atoms with Crippen molar-refractivity contribution in [1.82, 2.24) is 5.32 Å². The average molecular weight is 326 g/mol. The fraction of sp³-hybridized carbons (Fsp3) is 0.500. The molecule has 0 bridgehead atoms. The molecular weight excluding hydrogens is 302 g/mol. The Bertz CT molecular complexity index is 427. The van der Waals surface area contributed by atoms with Gasteiger partial charge in [-0.3, -0.25) is 0 Å². The van der Waals surface area contributed by atoms with Crippen LogP contribution in [0.5, 0.6) is 5.75 Å². The van der Waals surface area contributed by atoms with E-state index in [4.69, 9.17) is 4.74 Å². The summed E-state index contributed by atoms with van der Waals surface area (Å²) in [6, 6.07) is 6.05. The van der Waals surface area contributed by atoms with Gasteiger partial charge in [-0.1, -0.05) is 48.4 Å². The summed E-state index contributed by atoms with van der Waals surface area (Å²) in [7, 11) is 1.70. The Morgan fingerprint density at radius 1 is 1.42 bits per heavy atom. The first-order valence-corrected chi connectivity index (χ1v) is 7.59. The van der Waals surface area contributed by atoms with Crippen molar-refractivity contribution in [2.24, 2.45) is 5.92 Å². The fourth-order valence-corrected chi connectivity index (χ4v) is 2.14. The van der Waals surface area contributed by atoms with Gasteiger partial charge in [0.25, 0.3) is 0 Å². The molecule has 0 amide bonds. The van der Waals surface area contributed by atoms with Crippen molar-refractivity contribution < 1.29 is 4.74 Å². The second-order valence-corrected chi connectivity index (χ2v) is 5.92. The molecule has 0 aliphatic carbocycles. The average Bonchev–Trinajstić information content (AvgIpc) is 2.39. The molecule has 0 aliphatic rings. The van der Waals surface area contributed by atoms with Gasteiger partial charge in [0.1, 0.15) is 5.75 Å². The molecule has 1 aromatic rings. The van der Waals surface area contributed by atoms with Gasteiger partial charge < -0.3 is 10.1 Å². The minimum absolute atomic E-state index is 0.682. The van der Waals surface area contributed by atoms with Crippen molar-refractivity contribution in [2.45, 2.75) is 27.2 Å². The monoisotopic (exact) mass is 325 g/mol. The van der Waals surface area contributed by atoms with Gasteiger partial charge in [-0.05, 0) is 42.6 Å². The fourth-order valence-electron chi connectivity index (χ4n) is 1.78. The molecule has 1 N–H and O–H groups in total. The van der Waals surface area contributed by atoms with Gasteiger partial charge >= 0.3 is 0 Å². The van der Waals surface area contributed by atoms with Crippen molar-refractivity contribution in [3.8, 4) is 5.75 Å². The number of methoxy groups -OCH3 is 1. The molecule has 2 nitrogen and oxygen atoms in total. The SMILES string of the molecule is CC/C(=C/c1cc(OC)ccc1Br)CNCC(C)C. The topological polar surface area (TPSA) is 21.3 Å². The zero-order chi connectivity index (χ0) is 14.3. The minimum atomic E-state index is 0.682. The number of hydrogen-bond donors (Lipinski definition) is 1. The molecule has 0 atom stereocenters. The lowest BCUT2D eigenvalue weighted by atomic mass is 10.1. The molecule has 0 radical (unpaired) electrons. The first-order valence-electron chi connectivity index (χ1n) is 6.80. The predicted octanol–water partition coefficient (Wildman–Crippen LogP) is 4.50. The van der Waals surface area contributed by atoms with E-state index in [2.05, 4.69) is 54.2 Å². The van der Waals surface area contributed by atoms with Crippen LogP contribution in [0.1, 0.15) is 32.8 Å². The Kier molecular flexibility index (Phi) is 7.17. The quantitative estimate of drug-likeness (QED) is 0.797. The van der Waals surface area contributed by atoms with Gasteiger partial charge in [0, 0.05) is 11.0 Å². The normalized spacial score (nSPS) is 12.0. The lowest BCUT2D eigenvalue weighted by molar-refractivity contribution is 0.414. The van der Waals surface area contributed by atoms with Crippen molar-refractivity contribution >= 4 is 22.0 Å². The summed E-state index contributed by atoms with van der Waals surface area (Å²) < 4.78 is 6.37. The lowest BCUT2D eigenvalue weighted by Gasteiger charge is -2.10. The Labute approximate surface area is 125 Å². The van der Waals surface area contributed by atoms with Crippen LogP contribution in [0.15, 0.2) is 28.2 Å². The van der Waals surface area contributed by atoms with Gasteiger partial charge in [-0.2, -0.15) is 0 Å². The van der Waals surface area contributed by atoms with E-state index < -0.39 is 0 Å². The molecule has 1 aromatic carbocycles. The predicted molar refractivity (Wildman–Crippen MR) is 86.7 cm³/mol. The van der Waals surface area contributed by atoms with Gasteiger partial charge in [0.15, 0.2) is 0 Å². The van der Waals surface area contributed by atoms with Crippen LogP contribution in [-0.4, -0.2) is 20.2 Å². The maximum absolute atomic E-state index is 5.27. The Balaban J connectivity index is 2.78. The van der Waals surface area contributed by atoms with E-state index in [1.165, 1.54) is 11.1 Å². The van der Waals surface area contributed by atoms with Crippen LogP contribution >= 0.6 is 15.9 Å². The van der Waals surface area contributed by atoms with Crippen molar-refractivity contribution in [2.75, 3.05) is 20.2 Å². The van der Waals surface area contributed by atoms with Crippen LogP contribution in [0.2, 0.25) is 0 Å². The molecule has 3 heteroatoms. The maximum atomic E-state index is 5.27. The van der Waals surface area contributed by atoms with Crippen LogP contribution in [0, 0.1) is 5.92 Å². The standard InChI is InChI=1S/C16H24BrNO/c1-5-13(11-18-10-12(2)3)8-14-9-15(19-4)6-7-16(14)17/h6-9,12,18H,5,10-11H2,1-4H3/b13-8-. The van der Waals surface area contributed by atoms with Crippen LogP contribution < -0.4 is 10.1 Å². The van der Waals surface area contributed by atoms with E-state index in [0.29, 0.717) is 5.92 Å². The van der Waals surface area contributed by atoms with E-state index in [9.17, 15) is 0 Å². The first-order chi connectivity index (χ1) is 9.06. The van der Waals surface area contributed by atoms with E-state index in [0.717, 1.165) is 29.7 Å². The number of hydrogen-bond acceptors (Lipinski definition) is 2. The third kappa shape index (κ3) is 5.79. The number of ether oxygens (including phenoxy) is 1. The lowest BCUT2D eigenvalue weighted by Crippen LogP contribution is -2.21. The molecule has 0 spiro atoms. The van der Waals surface area contributed by atoms with E-state index in [1.54, 1.807) is 7.11 Å². The molecular formula is C16H24BrNO. The number of rotatable bonds is 7. The van der Waals surface area contributed by atoms with Crippen LogP contribution in [-0.2, 0) is 0 Å². The zero-order valence-corrected chi connectivity index (χ0v) is 13.9. The summed E-state index contributed by atoms with van der Waals surface area (Å²) in [5.41, 5.74) is 2.57. The largest absolute Gasteiger partial charge is 0.497 e. The number of halogens is 1. The van der Waals surface area contributed by atoms with Crippen molar-refractivity contribution in [1.29, 1.82) is 0 Å². The Morgan fingerprint density at radius 2 is 2.16 bits per heavy atom. The van der Waals surface area contributed by atoms with Gasteiger partial charge in [0.05, 0.1) is 7.11 Å². The zero-order valence-electron chi connectivity index (χ0n) is 12.3. The third-order valence-electron chi connectivity index (χ3n) is 2.92. The highest BCUT2D eigenvalue weighted by atomic mass is 79.9. The molecule has 0 saturated heterocycles. The van der Waals surface area contributed by atoms with Gasteiger partial charge in [-0.25, -0.2) is 0 Å². The molecule has 0 aromatic heterocycles. The van der Waals surface area contributed by atoms with Gasteiger partial charge in [0.2, 0.25) is 0 Å². The molecule has 19 heavy (non-hydrogen) atoms. The first kappa shape index (κ1) is 16.3. The van der Waals surface area contributed by atoms with Crippen molar-refractivity contribution in [3.05, 3.63) is 33.8 Å². The minimum Gasteiger partial charge on any atom is -0.497 e. The summed E-state index contributed by atoms with van der Waals surface area (Å²) in [6.07, 6.45) is 3.29. The molecule has 0 heterocycles. The van der Waals surface area contributed by atoms with Crippen LogP contribution in [0.3, 0.4) is 0 Å². The Hall–Kier alpha value is -0.800. The third-order valence-corrected chi connectivity index (χ3v) is 3.64. The number of nitrogens with one attached hydrogen (secondary N) is 1. The van der Waals surface area contributed by atoms with E-state index in [-0.39, 0.29) is 0 Å². The van der Waals surface area contributed by atoms with Crippen molar-refractivity contribution in [3.63, 3.8) is 0 Å². The molecule has 0 fully saturated rings. The van der Waals surface area contributed by atoms with Gasteiger partial charge in [-0.15, -0.1) is 0 Å².